The summed E-state index contributed by atoms with van der Waals surface area (Å²) in [6.45, 7) is 0. The molecule has 0 amide bonds. The molecular formula is C6H4INO. The highest BCUT2D eigenvalue weighted by atomic mass is 127. The van der Waals surface area contributed by atoms with Crippen LogP contribution >= 0.6 is 22.9 Å². The lowest BCUT2D eigenvalue weighted by Crippen LogP contribution is -1.67. The van der Waals surface area contributed by atoms with Crippen molar-refractivity contribution >= 4 is 34.0 Å². The summed E-state index contributed by atoms with van der Waals surface area (Å²) in [6.07, 6.45) is 3.66. The number of furan rings is 1. The average molecular weight is 233 g/mol. The van der Waals surface area contributed by atoms with Crippen LogP contribution in [-0.2, 0) is 0 Å². The molecule has 2 nitrogen and oxygen atoms in total. The van der Waals surface area contributed by atoms with Crippen molar-refractivity contribution in [3.63, 3.8) is 0 Å². The largest absolute Gasteiger partial charge is 0.463 e. The van der Waals surface area contributed by atoms with Gasteiger partial charge in [-0.25, -0.2) is 0 Å². The second-order valence-corrected chi connectivity index (χ2v) is 2.84. The van der Waals surface area contributed by atoms with Gasteiger partial charge in [0.25, 0.3) is 0 Å². The van der Waals surface area contributed by atoms with Gasteiger partial charge < -0.3 is 4.42 Å². The Labute approximate surface area is 65.9 Å². The fourth-order valence-corrected chi connectivity index (χ4v) is 1.39. The molecule has 0 aromatic carbocycles. The molecular weight excluding hydrogens is 229 g/mol. The summed E-state index contributed by atoms with van der Waals surface area (Å²) in [4.78, 5) is 0. The number of hydrogen-bond acceptors (Lipinski definition) is 1. The molecule has 0 aliphatic carbocycles. The zero-order chi connectivity index (χ0) is 6.27. The Morgan fingerprint density at radius 3 is 3.11 bits per heavy atom. The van der Waals surface area contributed by atoms with E-state index in [1.54, 1.807) is 6.26 Å². The lowest BCUT2D eigenvalue weighted by atomic mass is 10.5. The number of hydrogen-bond donors (Lipinski definition) is 0. The van der Waals surface area contributed by atoms with Crippen LogP contribution in [-0.4, -0.2) is 2.78 Å². The molecule has 0 saturated carbocycles. The summed E-state index contributed by atoms with van der Waals surface area (Å²) in [6, 6.07) is 3.89. The Morgan fingerprint density at radius 1 is 1.44 bits per heavy atom. The quantitative estimate of drug-likeness (QED) is 0.639. The van der Waals surface area contributed by atoms with Crippen molar-refractivity contribution in [2.75, 3.05) is 0 Å². The highest BCUT2D eigenvalue weighted by Gasteiger charge is 1.98. The Bertz CT molecular complexity index is 322. The Hall–Kier alpha value is -0.450. The van der Waals surface area contributed by atoms with Crippen LogP contribution in [0.1, 0.15) is 0 Å². The van der Waals surface area contributed by atoms with Crippen molar-refractivity contribution in [2.24, 2.45) is 0 Å². The molecule has 0 radical (unpaired) electrons. The maximum absolute atomic E-state index is 5.11. The number of halogens is 1. The van der Waals surface area contributed by atoms with Gasteiger partial charge in [-0.3, -0.25) is 2.78 Å². The fourth-order valence-electron chi connectivity index (χ4n) is 0.829. The zero-order valence-corrected chi connectivity index (χ0v) is 6.70. The maximum atomic E-state index is 5.11. The minimum atomic E-state index is 0.949. The van der Waals surface area contributed by atoms with E-state index < -0.39 is 0 Å². The van der Waals surface area contributed by atoms with Crippen molar-refractivity contribution < 1.29 is 4.42 Å². The minimum absolute atomic E-state index is 0.949. The normalized spacial score (nSPS) is 10.8. The number of fused-ring (bicyclic) bond motifs is 1. The Morgan fingerprint density at radius 2 is 2.33 bits per heavy atom. The van der Waals surface area contributed by atoms with Gasteiger partial charge in [0.2, 0.25) is 0 Å². The topological polar surface area (TPSA) is 18.1 Å². The highest BCUT2D eigenvalue weighted by Crippen LogP contribution is 2.17. The van der Waals surface area contributed by atoms with Crippen LogP contribution in [0.4, 0.5) is 0 Å². The van der Waals surface area contributed by atoms with E-state index in [9.17, 15) is 0 Å². The molecule has 2 aromatic rings. The van der Waals surface area contributed by atoms with Crippen LogP contribution in [0.15, 0.2) is 29.0 Å². The minimum Gasteiger partial charge on any atom is -0.463 e. The lowest BCUT2D eigenvalue weighted by molar-refractivity contribution is 0.616. The zero-order valence-electron chi connectivity index (χ0n) is 4.54. The molecule has 0 aliphatic rings. The molecule has 2 aromatic heterocycles. The molecule has 0 atom stereocenters. The first-order chi connectivity index (χ1) is 4.38. The molecule has 0 N–H and O–H groups in total. The van der Waals surface area contributed by atoms with Gasteiger partial charge >= 0.3 is 0 Å². The fraction of sp³-hybridized carbons (Fsp3) is 0. The van der Waals surface area contributed by atoms with Gasteiger partial charge in [0.05, 0.1) is 34.6 Å². The molecule has 2 rings (SSSR count). The van der Waals surface area contributed by atoms with Gasteiger partial charge in [-0.2, -0.15) is 0 Å². The molecule has 0 unspecified atom stereocenters. The van der Waals surface area contributed by atoms with Crippen molar-refractivity contribution in [1.29, 1.82) is 0 Å². The first kappa shape index (κ1) is 5.34. The third kappa shape index (κ3) is 0.676. The SMILES string of the molecule is In1ccc2occc21. The maximum Gasteiger partial charge on any atom is 0.152 e. The predicted octanol–water partition coefficient (Wildman–Crippen LogP) is 2.43. The van der Waals surface area contributed by atoms with E-state index in [4.69, 9.17) is 4.42 Å². The second-order valence-electron chi connectivity index (χ2n) is 1.80. The van der Waals surface area contributed by atoms with Crippen molar-refractivity contribution in [1.82, 2.24) is 2.78 Å². The van der Waals surface area contributed by atoms with E-state index in [0.29, 0.717) is 0 Å². The van der Waals surface area contributed by atoms with E-state index >= 15 is 0 Å². The molecule has 0 aliphatic heterocycles. The van der Waals surface area contributed by atoms with Crippen LogP contribution in [0.2, 0.25) is 0 Å². The molecule has 0 saturated heterocycles. The third-order valence-corrected chi connectivity index (χ3v) is 2.10. The van der Waals surface area contributed by atoms with Crippen LogP contribution < -0.4 is 0 Å². The summed E-state index contributed by atoms with van der Waals surface area (Å²) >= 11 is 2.21. The molecule has 0 fully saturated rings. The molecule has 0 bridgehead atoms. The lowest BCUT2D eigenvalue weighted by Gasteiger charge is -1.81. The summed E-state index contributed by atoms with van der Waals surface area (Å²) in [5, 5.41) is 0. The van der Waals surface area contributed by atoms with Crippen molar-refractivity contribution in [3.8, 4) is 0 Å². The summed E-state index contributed by atoms with van der Waals surface area (Å²) in [7, 11) is 0. The van der Waals surface area contributed by atoms with Gasteiger partial charge in [0, 0.05) is 18.3 Å². The first-order valence-corrected chi connectivity index (χ1v) is 3.55. The van der Waals surface area contributed by atoms with E-state index in [1.165, 1.54) is 0 Å². The Kier molecular flexibility index (Phi) is 1.05. The highest BCUT2D eigenvalue weighted by molar-refractivity contribution is 14.1. The average Bonchev–Trinajstić information content (AvgIpc) is 2.35. The van der Waals surface area contributed by atoms with Crippen LogP contribution in [0.5, 0.6) is 0 Å². The van der Waals surface area contributed by atoms with Crippen molar-refractivity contribution in [3.05, 3.63) is 24.6 Å². The molecule has 2 heterocycles. The van der Waals surface area contributed by atoms with Gasteiger partial charge in [-0.05, 0) is 0 Å². The molecule has 9 heavy (non-hydrogen) atoms. The predicted molar refractivity (Wildman–Crippen MR) is 43.6 cm³/mol. The van der Waals surface area contributed by atoms with Crippen LogP contribution in [0.25, 0.3) is 11.1 Å². The van der Waals surface area contributed by atoms with E-state index in [2.05, 4.69) is 22.9 Å². The second kappa shape index (κ2) is 1.76. The van der Waals surface area contributed by atoms with Gasteiger partial charge in [0.1, 0.15) is 0 Å². The summed E-state index contributed by atoms with van der Waals surface area (Å²) in [5.74, 6) is 0. The van der Waals surface area contributed by atoms with Crippen LogP contribution in [0.3, 0.4) is 0 Å². The van der Waals surface area contributed by atoms with Crippen LogP contribution in [0, 0.1) is 0 Å². The number of rotatable bonds is 0. The van der Waals surface area contributed by atoms with Gasteiger partial charge in [-0.15, -0.1) is 0 Å². The monoisotopic (exact) mass is 233 g/mol. The molecule has 3 heteroatoms. The van der Waals surface area contributed by atoms with E-state index in [1.807, 2.05) is 21.1 Å². The standard InChI is InChI=1S/C6H4INO/c7-8-3-1-6-5(8)2-4-9-6/h1-4H. The molecule has 46 valence electrons. The third-order valence-electron chi connectivity index (χ3n) is 1.26. The first-order valence-electron chi connectivity index (χ1n) is 2.58. The molecule has 0 spiro atoms. The van der Waals surface area contributed by atoms with E-state index in [0.717, 1.165) is 11.1 Å². The van der Waals surface area contributed by atoms with Gasteiger partial charge in [0.15, 0.2) is 5.58 Å². The smallest absolute Gasteiger partial charge is 0.152 e. The number of nitrogens with zero attached hydrogens (tertiary/aromatic N) is 1. The van der Waals surface area contributed by atoms with E-state index in [-0.39, 0.29) is 0 Å². The number of aromatic nitrogens is 1. The summed E-state index contributed by atoms with van der Waals surface area (Å²) < 4.78 is 7.11. The Balaban J connectivity index is 2.99. The van der Waals surface area contributed by atoms with Gasteiger partial charge in [-0.1, -0.05) is 0 Å². The van der Waals surface area contributed by atoms with Crippen molar-refractivity contribution in [2.45, 2.75) is 0 Å². The summed E-state index contributed by atoms with van der Waals surface area (Å²) in [5.41, 5.74) is 2.08.